The summed E-state index contributed by atoms with van der Waals surface area (Å²) < 4.78 is 16.8. The minimum absolute atomic E-state index is 0.0294. The average Bonchev–Trinajstić information content (AvgIpc) is 3.33. The Balaban J connectivity index is 1.19. The van der Waals surface area contributed by atoms with Crippen LogP contribution in [0.1, 0.15) is 111 Å². The highest BCUT2D eigenvalue weighted by atomic mass is 16.6. The van der Waals surface area contributed by atoms with Crippen LogP contribution in [0, 0.1) is 40.4 Å². The molecule has 4 saturated carbocycles. The van der Waals surface area contributed by atoms with Crippen LogP contribution in [0.25, 0.3) is 0 Å². The summed E-state index contributed by atoms with van der Waals surface area (Å²) in [5, 5.41) is 2.53. The molecule has 4 aliphatic rings. The van der Waals surface area contributed by atoms with Crippen molar-refractivity contribution in [2.24, 2.45) is 40.4 Å². The fraction of sp³-hybridized carbons (Fsp3) is 0.730. The molecule has 0 heterocycles. The molecule has 0 aromatic heterocycles. The predicted molar refractivity (Wildman–Crippen MR) is 170 cm³/mol. The molecule has 8 heteroatoms. The molecule has 8 nitrogen and oxygen atoms in total. The molecular weight excluding hydrogens is 570 g/mol. The second-order valence-electron chi connectivity index (χ2n) is 15.8. The molecule has 1 aromatic carbocycles. The first-order chi connectivity index (χ1) is 21.2. The van der Waals surface area contributed by atoms with E-state index in [0.717, 1.165) is 44.1 Å². The number of esters is 2. The number of rotatable bonds is 8. The van der Waals surface area contributed by atoms with E-state index in [9.17, 15) is 19.2 Å². The summed E-state index contributed by atoms with van der Waals surface area (Å²) >= 11 is 0. The number of carbonyl (C=O) groups is 4. The molecule has 248 valence electrons. The topological polar surface area (TPSA) is 108 Å². The summed E-state index contributed by atoms with van der Waals surface area (Å²) in [7, 11) is 0. The summed E-state index contributed by atoms with van der Waals surface area (Å²) in [6, 6.07) is 8.03. The number of alkyl carbamates (subject to hydrolysis) is 1. The van der Waals surface area contributed by atoms with E-state index < -0.39 is 29.7 Å². The number of fused-ring (bicyclic) bond motifs is 5. The van der Waals surface area contributed by atoms with Gasteiger partial charge in [0.25, 0.3) is 0 Å². The molecule has 5 rings (SSSR count). The maximum absolute atomic E-state index is 13.2. The number of hydrogen-bond acceptors (Lipinski definition) is 7. The first-order valence-electron chi connectivity index (χ1n) is 17.1. The number of Topliss-reactive ketones (excluding diaryl/α,β-unsaturated/α-hetero) is 1. The third-order valence-electron chi connectivity index (χ3n) is 12.0. The zero-order chi connectivity index (χ0) is 32.6. The van der Waals surface area contributed by atoms with E-state index in [0.29, 0.717) is 29.5 Å². The molecule has 0 bridgehead atoms. The highest BCUT2D eigenvalue weighted by molar-refractivity contribution is 5.86. The SMILES string of the molecule is CC(=O)C1CCC2C3CC[C@@H]4C[C@H](OC(=O)C[C@H](NC(=O)OC(C)(C)C)C(=O)OCc5ccccc5)CC[C@]4(C)C3CC[C@]12C. The van der Waals surface area contributed by atoms with Crippen LogP contribution in [0.2, 0.25) is 0 Å². The van der Waals surface area contributed by atoms with Crippen molar-refractivity contribution in [3.63, 3.8) is 0 Å². The van der Waals surface area contributed by atoms with Crippen LogP contribution in [0.4, 0.5) is 4.79 Å². The summed E-state index contributed by atoms with van der Waals surface area (Å²) in [6.45, 7) is 11.9. The van der Waals surface area contributed by atoms with Crippen LogP contribution in [0.3, 0.4) is 0 Å². The molecule has 45 heavy (non-hydrogen) atoms. The van der Waals surface area contributed by atoms with Crippen LogP contribution in [-0.2, 0) is 35.2 Å². The van der Waals surface area contributed by atoms with Crippen LogP contribution in [0.5, 0.6) is 0 Å². The van der Waals surface area contributed by atoms with Gasteiger partial charge in [-0.2, -0.15) is 0 Å². The molecule has 0 saturated heterocycles. The van der Waals surface area contributed by atoms with Gasteiger partial charge in [0.15, 0.2) is 0 Å². The highest BCUT2D eigenvalue weighted by Gasteiger charge is 2.61. The third kappa shape index (κ3) is 7.25. The number of ether oxygens (including phenoxy) is 3. The number of amides is 1. The lowest BCUT2D eigenvalue weighted by molar-refractivity contribution is -0.165. The van der Waals surface area contributed by atoms with Crippen molar-refractivity contribution in [2.45, 2.75) is 130 Å². The number of hydrogen-bond donors (Lipinski definition) is 1. The number of nitrogens with one attached hydrogen (secondary N) is 1. The Morgan fingerprint density at radius 3 is 2.29 bits per heavy atom. The van der Waals surface area contributed by atoms with Gasteiger partial charge in [0.1, 0.15) is 30.1 Å². The minimum atomic E-state index is -1.22. The van der Waals surface area contributed by atoms with Gasteiger partial charge in [-0.15, -0.1) is 0 Å². The first kappa shape index (κ1) is 33.5. The van der Waals surface area contributed by atoms with Gasteiger partial charge in [0.2, 0.25) is 0 Å². The van der Waals surface area contributed by atoms with Gasteiger partial charge in [-0.25, -0.2) is 9.59 Å². The summed E-state index contributed by atoms with van der Waals surface area (Å²) in [4.78, 5) is 51.3. The monoisotopic (exact) mass is 623 g/mol. The van der Waals surface area contributed by atoms with E-state index >= 15 is 0 Å². The molecule has 9 atom stereocenters. The molecule has 0 aliphatic heterocycles. The van der Waals surface area contributed by atoms with E-state index in [1.165, 1.54) is 19.3 Å². The van der Waals surface area contributed by atoms with Crippen LogP contribution >= 0.6 is 0 Å². The zero-order valence-corrected chi connectivity index (χ0v) is 28.1. The largest absolute Gasteiger partial charge is 0.462 e. The molecular formula is C37H53NO7. The number of carbonyl (C=O) groups excluding carboxylic acids is 4. The van der Waals surface area contributed by atoms with Gasteiger partial charge < -0.3 is 19.5 Å². The van der Waals surface area contributed by atoms with E-state index in [4.69, 9.17) is 14.2 Å². The summed E-state index contributed by atoms with van der Waals surface area (Å²) in [5.41, 5.74) is 0.401. The normalized spacial score (nSPS) is 34.7. The smallest absolute Gasteiger partial charge is 0.408 e. The van der Waals surface area contributed by atoms with Crippen LogP contribution < -0.4 is 5.32 Å². The first-order valence-corrected chi connectivity index (χ1v) is 17.1. The molecule has 0 radical (unpaired) electrons. The average molecular weight is 624 g/mol. The van der Waals surface area contributed by atoms with Gasteiger partial charge >= 0.3 is 18.0 Å². The van der Waals surface area contributed by atoms with Crippen molar-refractivity contribution in [3.8, 4) is 0 Å². The molecule has 1 N–H and O–H groups in total. The Hall–Kier alpha value is -2.90. The van der Waals surface area contributed by atoms with Gasteiger partial charge in [-0.05, 0) is 126 Å². The Morgan fingerprint density at radius 2 is 1.60 bits per heavy atom. The van der Waals surface area contributed by atoms with E-state index in [1.807, 2.05) is 30.3 Å². The second kappa shape index (κ2) is 13.1. The van der Waals surface area contributed by atoms with Crippen molar-refractivity contribution in [2.75, 3.05) is 0 Å². The Bertz CT molecular complexity index is 1260. The summed E-state index contributed by atoms with van der Waals surface area (Å²) in [5.74, 6) is 1.79. The molecule has 4 aliphatic carbocycles. The molecule has 4 fully saturated rings. The van der Waals surface area contributed by atoms with Crippen molar-refractivity contribution >= 4 is 23.8 Å². The molecule has 0 spiro atoms. The minimum Gasteiger partial charge on any atom is -0.462 e. The Labute approximate surface area is 268 Å². The standard InChI is InChI=1S/C37H53NO7/c1-23(39)28-14-15-29-27-13-12-25-20-26(16-18-36(25,5)30(27)17-19-37(28,29)6)44-32(40)21-31(38-34(42)45-35(2,3)4)33(41)43-22-24-10-8-7-9-11-24/h7-11,25-31H,12-22H2,1-6H3,(H,38,42)/t25-,26-,27?,28?,29?,30?,31+,36+,37-/m1/s1. The van der Waals surface area contributed by atoms with Crippen molar-refractivity contribution < 1.29 is 33.4 Å². The molecule has 1 aromatic rings. The van der Waals surface area contributed by atoms with Crippen LogP contribution in [0.15, 0.2) is 30.3 Å². The van der Waals surface area contributed by atoms with Gasteiger partial charge in [-0.3, -0.25) is 9.59 Å². The van der Waals surface area contributed by atoms with Crippen molar-refractivity contribution in [3.05, 3.63) is 35.9 Å². The predicted octanol–water partition coefficient (Wildman–Crippen LogP) is 7.17. The maximum atomic E-state index is 13.2. The van der Waals surface area contributed by atoms with Crippen molar-refractivity contribution in [1.82, 2.24) is 5.32 Å². The van der Waals surface area contributed by atoms with E-state index in [-0.39, 0.29) is 35.9 Å². The maximum Gasteiger partial charge on any atom is 0.408 e. The van der Waals surface area contributed by atoms with Gasteiger partial charge in [-0.1, -0.05) is 44.2 Å². The lowest BCUT2D eigenvalue weighted by Crippen LogP contribution is -2.54. The quantitative estimate of drug-likeness (QED) is 0.242. The zero-order valence-electron chi connectivity index (χ0n) is 28.1. The Kier molecular flexibility index (Phi) is 9.72. The Morgan fingerprint density at radius 1 is 0.911 bits per heavy atom. The highest BCUT2D eigenvalue weighted by Crippen LogP contribution is 2.67. The second-order valence-corrected chi connectivity index (χ2v) is 15.8. The van der Waals surface area contributed by atoms with E-state index in [1.54, 1.807) is 27.7 Å². The molecule has 4 unspecified atom stereocenters. The lowest BCUT2D eigenvalue weighted by atomic mass is 9.44. The summed E-state index contributed by atoms with van der Waals surface area (Å²) in [6.07, 6.45) is 8.15. The lowest BCUT2D eigenvalue weighted by Gasteiger charge is -2.61. The van der Waals surface area contributed by atoms with E-state index in [2.05, 4.69) is 19.2 Å². The third-order valence-corrected chi connectivity index (χ3v) is 12.0. The fourth-order valence-corrected chi connectivity index (χ4v) is 9.87. The molecule has 1 amide bonds. The number of benzene rings is 1. The van der Waals surface area contributed by atoms with Gasteiger partial charge in [0.05, 0.1) is 6.42 Å². The van der Waals surface area contributed by atoms with Crippen LogP contribution in [-0.4, -0.2) is 41.6 Å². The van der Waals surface area contributed by atoms with Gasteiger partial charge in [0, 0.05) is 5.92 Å². The number of ketones is 1. The fourth-order valence-electron chi connectivity index (χ4n) is 9.87. The van der Waals surface area contributed by atoms with Crippen molar-refractivity contribution in [1.29, 1.82) is 0 Å².